The molecule has 3 heteroatoms. The summed E-state index contributed by atoms with van der Waals surface area (Å²) in [4.78, 5) is 13.5. The fourth-order valence-electron chi connectivity index (χ4n) is 2.39. The van der Waals surface area contributed by atoms with Crippen LogP contribution in [0.3, 0.4) is 0 Å². The lowest BCUT2D eigenvalue weighted by Gasteiger charge is -2.22. The van der Waals surface area contributed by atoms with Crippen molar-refractivity contribution in [2.24, 2.45) is 0 Å². The van der Waals surface area contributed by atoms with Crippen molar-refractivity contribution in [2.75, 3.05) is 18.0 Å². The quantitative estimate of drug-likeness (QED) is 0.581. The lowest BCUT2D eigenvalue weighted by Crippen LogP contribution is -2.24. The predicted octanol–water partition coefficient (Wildman–Crippen LogP) is 1.99. The molecule has 92 valence electrons. The van der Waals surface area contributed by atoms with Crippen molar-refractivity contribution in [2.45, 2.75) is 26.2 Å². The van der Waals surface area contributed by atoms with Crippen LogP contribution in [0.5, 0.6) is 0 Å². The van der Waals surface area contributed by atoms with Crippen molar-refractivity contribution in [1.29, 1.82) is 0 Å². The standard InChI is InChI=1S/C15H18BNO/c1-12(18)11-13-3-2-9-17(10-8-13)15-6-4-14(16)5-7-15/h4-7,11H,2-3,8-10H2,1H3/b13-11-. The van der Waals surface area contributed by atoms with E-state index in [4.69, 9.17) is 7.85 Å². The fourth-order valence-corrected chi connectivity index (χ4v) is 2.39. The monoisotopic (exact) mass is 239 g/mol. The number of anilines is 1. The number of rotatable bonds is 2. The minimum absolute atomic E-state index is 0.158. The highest BCUT2D eigenvalue weighted by atomic mass is 16.1. The van der Waals surface area contributed by atoms with Gasteiger partial charge in [-0.05, 0) is 44.4 Å². The summed E-state index contributed by atoms with van der Waals surface area (Å²) in [6, 6.07) is 8.00. The van der Waals surface area contributed by atoms with Gasteiger partial charge in [0.2, 0.25) is 0 Å². The van der Waals surface area contributed by atoms with E-state index in [9.17, 15) is 4.79 Å². The zero-order chi connectivity index (χ0) is 13.0. The Morgan fingerprint density at radius 3 is 2.61 bits per heavy atom. The van der Waals surface area contributed by atoms with Crippen LogP contribution < -0.4 is 10.4 Å². The number of carbonyl (C=O) groups excluding carboxylic acids is 1. The molecule has 0 saturated carbocycles. The number of carbonyl (C=O) groups is 1. The van der Waals surface area contributed by atoms with E-state index in [-0.39, 0.29) is 5.78 Å². The van der Waals surface area contributed by atoms with E-state index in [1.165, 1.54) is 11.3 Å². The van der Waals surface area contributed by atoms with Gasteiger partial charge in [0.25, 0.3) is 0 Å². The molecule has 1 aliphatic rings. The topological polar surface area (TPSA) is 20.3 Å². The van der Waals surface area contributed by atoms with Crippen LogP contribution in [0, 0.1) is 0 Å². The zero-order valence-corrected chi connectivity index (χ0v) is 10.9. The van der Waals surface area contributed by atoms with Gasteiger partial charge in [0, 0.05) is 18.8 Å². The molecule has 0 unspecified atom stereocenters. The van der Waals surface area contributed by atoms with Gasteiger partial charge in [-0.2, -0.15) is 0 Å². The number of nitrogens with zero attached hydrogens (tertiary/aromatic N) is 1. The first kappa shape index (κ1) is 12.9. The molecule has 1 heterocycles. The van der Waals surface area contributed by atoms with Crippen molar-refractivity contribution in [3.05, 3.63) is 35.9 Å². The van der Waals surface area contributed by atoms with Crippen molar-refractivity contribution in [3.8, 4) is 0 Å². The third kappa shape index (κ3) is 3.49. The molecule has 0 bridgehead atoms. The van der Waals surface area contributed by atoms with Gasteiger partial charge in [-0.1, -0.05) is 23.2 Å². The fraction of sp³-hybridized carbons (Fsp3) is 0.400. The van der Waals surface area contributed by atoms with Crippen molar-refractivity contribution >= 4 is 24.8 Å². The smallest absolute Gasteiger partial charge is 0.152 e. The molecular formula is C15H18BNO. The zero-order valence-electron chi connectivity index (χ0n) is 10.9. The summed E-state index contributed by atoms with van der Waals surface area (Å²) in [6.45, 7) is 3.64. The molecule has 18 heavy (non-hydrogen) atoms. The Labute approximate surface area is 110 Å². The van der Waals surface area contributed by atoms with E-state index < -0.39 is 0 Å². The van der Waals surface area contributed by atoms with Crippen LogP contribution in [-0.4, -0.2) is 26.7 Å². The molecule has 1 aromatic rings. The van der Waals surface area contributed by atoms with Gasteiger partial charge in [-0.15, -0.1) is 0 Å². The maximum Gasteiger partial charge on any atom is 0.152 e. The number of hydrogen-bond acceptors (Lipinski definition) is 2. The third-order valence-electron chi connectivity index (χ3n) is 3.29. The van der Waals surface area contributed by atoms with Gasteiger partial charge in [0.1, 0.15) is 7.85 Å². The minimum atomic E-state index is 0.158. The van der Waals surface area contributed by atoms with E-state index in [2.05, 4.69) is 17.0 Å². The lowest BCUT2D eigenvalue weighted by atomic mass is 9.96. The highest BCUT2D eigenvalue weighted by molar-refractivity contribution is 6.32. The van der Waals surface area contributed by atoms with Crippen molar-refractivity contribution in [1.82, 2.24) is 0 Å². The summed E-state index contributed by atoms with van der Waals surface area (Å²) in [5.41, 5.74) is 3.29. The molecule has 2 rings (SSSR count). The van der Waals surface area contributed by atoms with E-state index in [0.29, 0.717) is 0 Å². The molecule has 0 N–H and O–H groups in total. The first-order chi connectivity index (χ1) is 8.65. The maximum absolute atomic E-state index is 11.1. The van der Waals surface area contributed by atoms with E-state index in [1.54, 1.807) is 13.0 Å². The summed E-state index contributed by atoms with van der Waals surface area (Å²) in [5, 5.41) is 0. The average molecular weight is 239 g/mol. The summed E-state index contributed by atoms with van der Waals surface area (Å²) in [7, 11) is 5.70. The first-order valence-electron chi connectivity index (χ1n) is 6.45. The number of benzene rings is 1. The Bertz CT molecular complexity index is 450. The molecule has 0 amide bonds. The van der Waals surface area contributed by atoms with Crippen LogP contribution in [0.4, 0.5) is 5.69 Å². The summed E-state index contributed by atoms with van der Waals surface area (Å²) in [6.07, 6.45) is 4.91. The number of allylic oxidation sites excluding steroid dienone is 1. The first-order valence-corrected chi connectivity index (χ1v) is 6.45. The molecule has 2 nitrogen and oxygen atoms in total. The largest absolute Gasteiger partial charge is 0.371 e. The molecular weight excluding hydrogens is 221 g/mol. The van der Waals surface area contributed by atoms with Crippen molar-refractivity contribution in [3.63, 3.8) is 0 Å². The van der Waals surface area contributed by atoms with Gasteiger partial charge >= 0.3 is 0 Å². The van der Waals surface area contributed by atoms with E-state index >= 15 is 0 Å². The molecule has 1 fully saturated rings. The number of hydrogen-bond donors (Lipinski definition) is 0. The molecule has 0 aromatic heterocycles. The molecule has 0 aliphatic carbocycles. The van der Waals surface area contributed by atoms with Crippen LogP contribution in [0.15, 0.2) is 35.9 Å². The van der Waals surface area contributed by atoms with Crippen LogP contribution in [0.25, 0.3) is 0 Å². The molecule has 1 aliphatic heterocycles. The highest BCUT2D eigenvalue weighted by Crippen LogP contribution is 2.21. The molecule has 1 aromatic carbocycles. The summed E-state index contributed by atoms with van der Waals surface area (Å²) < 4.78 is 0. The molecule has 0 atom stereocenters. The van der Waals surface area contributed by atoms with Crippen molar-refractivity contribution < 1.29 is 4.79 Å². The molecule has 0 spiro atoms. The second-order valence-electron chi connectivity index (χ2n) is 4.85. The number of ketones is 1. The summed E-state index contributed by atoms with van der Waals surface area (Å²) >= 11 is 0. The van der Waals surface area contributed by atoms with Crippen LogP contribution >= 0.6 is 0 Å². The third-order valence-corrected chi connectivity index (χ3v) is 3.29. The molecule has 2 radical (unpaired) electrons. The van der Waals surface area contributed by atoms with Gasteiger partial charge in [-0.3, -0.25) is 4.79 Å². The van der Waals surface area contributed by atoms with E-state index in [1.807, 2.05) is 12.1 Å². The van der Waals surface area contributed by atoms with E-state index in [0.717, 1.165) is 37.8 Å². The van der Waals surface area contributed by atoms with Crippen LogP contribution in [0.1, 0.15) is 26.2 Å². The Hall–Kier alpha value is -1.51. The average Bonchev–Trinajstić information content (AvgIpc) is 2.55. The second-order valence-corrected chi connectivity index (χ2v) is 4.85. The van der Waals surface area contributed by atoms with Crippen LogP contribution in [0.2, 0.25) is 0 Å². The Morgan fingerprint density at radius 1 is 1.22 bits per heavy atom. The normalized spacial score (nSPS) is 18.7. The molecule has 1 saturated heterocycles. The minimum Gasteiger partial charge on any atom is -0.371 e. The second kappa shape index (κ2) is 5.90. The van der Waals surface area contributed by atoms with Gasteiger partial charge < -0.3 is 4.90 Å². The Morgan fingerprint density at radius 2 is 1.94 bits per heavy atom. The highest BCUT2D eigenvalue weighted by Gasteiger charge is 2.12. The van der Waals surface area contributed by atoms with Crippen LogP contribution in [-0.2, 0) is 4.79 Å². The van der Waals surface area contributed by atoms with Gasteiger partial charge in [0.05, 0.1) is 0 Å². The van der Waals surface area contributed by atoms with Gasteiger partial charge in [0.15, 0.2) is 5.78 Å². The SMILES string of the molecule is [B]c1ccc(N2CCC/C(=C/C(C)=O)CC2)cc1. The maximum atomic E-state index is 11.1. The Kier molecular flexibility index (Phi) is 4.24. The van der Waals surface area contributed by atoms with Gasteiger partial charge in [-0.25, -0.2) is 0 Å². The lowest BCUT2D eigenvalue weighted by molar-refractivity contribution is -0.112. The Balaban J connectivity index is 2.05. The predicted molar refractivity (Wildman–Crippen MR) is 76.7 cm³/mol. The summed E-state index contributed by atoms with van der Waals surface area (Å²) in [5.74, 6) is 0.158.